The minimum Gasteiger partial charge on any atom is -0.489 e. The number of anilines is 1. The predicted octanol–water partition coefficient (Wildman–Crippen LogP) is 7.87. The minimum absolute atomic E-state index is 0.0190. The molecular formula is C46H39NO8. The Morgan fingerprint density at radius 3 is 1.75 bits per heavy atom. The number of amides is 2. The second kappa shape index (κ2) is 15.8. The summed E-state index contributed by atoms with van der Waals surface area (Å²) in [4.78, 5) is 71.8. The van der Waals surface area contributed by atoms with Crippen molar-refractivity contribution in [1.82, 2.24) is 0 Å². The van der Waals surface area contributed by atoms with Crippen molar-refractivity contribution in [1.29, 1.82) is 0 Å². The molecule has 1 heterocycles. The number of para-hydroxylation sites is 1. The van der Waals surface area contributed by atoms with Crippen molar-refractivity contribution in [3.8, 4) is 11.5 Å². The molecule has 0 N–H and O–H groups in total. The lowest BCUT2D eigenvalue weighted by Crippen LogP contribution is -2.52. The number of imide groups is 1. The van der Waals surface area contributed by atoms with Crippen molar-refractivity contribution in [3.05, 3.63) is 173 Å². The van der Waals surface area contributed by atoms with E-state index in [1.54, 1.807) is 85.8 Å². The van der Waals surface area contributed by atoms with Crippen LogP contribution in [0.2, 0.25) is 0 Å². The summed E-state index contributed by atoms with van der Waals surface area (Å²) in [6.07, 6.45) is 1.33. The van der Waals surface area contributed by atoms with Gasteiger partial charge in [-0.2, -0.15) is 0 Å². The van der Waals surface area contributed by atoms with Crippen molar-refractivity contribution >= 4 is 35.0 Å². The third-order valence-corrected chi connectivity index (χ3v) is 10.2. The summed E-state index contributed by atoms with van der Waals surface area (Å²) in [6.45, 7) is 3.58. The number of ether oxygens (including phenoxy) is 3. The van der Waals surface area contributed by atoms with Crippen molar-refractivity contribution in [3.63, 3.8) is 0 Å². The summed E-state index contributed by atoms with van der Waals surface area (Å²) in [5.74, 6) is -4.20. The largest absolute Gasteiger partial charge is 0.489 e. The molecule has 0 bridgehead atoms. The number of benzene rings is 5. The SMILES string of the molecule is CCOC(=O)C1C(C(=O)c2ccc(OCc3ccccc3)cc2)=C[C@@H](CC(=O)c2ccc(OCc3ccccc3)cc2)[C@@]12C(=O)N(C(C)=O)c1ccccc12. The molecule has 0 radical (unpaired) electrons. The summed E-state index contributed by atoms with van der Waals surface area (Å²) < 4.78 is 17.4. The second-order valence-corrected chi connectivity index (χ2v) is 13.5. The summed E-state index contributed by atoms with van der Waals surface area (Å²) in [5, 5.41) is 0. The van der Waals surface area contributed by atoms with Gasteiger partial charge in [-0.15, -0.1) is 0 Å². The summed E-state index contributed by atoms with van der Waals surface area (Å²) in [5.41, 5.74) is 1.47. The first kappa shape index (κ1) is 36.7. The Morgan fingerprint density at radius 2 is 1.20 bits per heavy atom. The molecule has 1 unspecified atom stereocenters. The van der Waals surface area contributed by atoms with Crippen LogP contribution in [0.15, 0.2) is 145 Å². The van der Waals surface area contributed by atoms with Gasteiger partial charge in [0.15, 0.2) is 11.6 Å². The monoisotopic (exact) mass is 733 g/mol. The number of hydrogen-bond acceptors (Lipinski definition) is 8. The number of allylic oxidation sites excluding steroid dienone is 1. The topological polar surface area (TPSA) is 116 Å². The number of carbonyl (C=O) groups excluding carboxylic acids is 5. The van der Waals surface area contributed by atoms with Gasteiger partial charge in [-0.05, 0) is 78.2 Å². The maximum atomic E-state index is 14.9. The van der Waals surface area contributed by atoms with Gasteiger partial charge in [0.25, 0.3) is 0 Å². The second-order valence-electron chi connectivity index (χ2n) is 13.5. The van der Waals surface area contributed by atoms with Gasteiger partial charge in [0, 0.05) is 36.0 Å². The lowest BCUT2D eigenvalue weighted by Gasteiger charge is -2.35. The quantitative estimate of drug-likeness (QED) is 0.0887. The van der Waals surface area contributed by atoms with E-state index in [1.807, 2.05) is 60.7 Å². The fraction of sp³-hybridized carbons (Fsp3) is 0.196. The molecule has 55 heavy (non-hydrogen) atoms. The first-order valence-corrected chi connectivity index (χ1v) is 18.2. The standard InChI is InChI=1S/C46H39NO8/c1-3-53-44(51)42-38(43(50)34-20-24-37(25-21-34)55-29-32-14-8-5-9-15-32)26-35(46(42)39-16-10-11-17-40(39)47(30(2)48)45(46)52)27-41(49)33-18-22-36(23-19-33)54-28-31-12-6-4-7-13-31/h4-26,35,42H,3,27-29H2,1-2H3/t35-,42?,46-/m0/s1. The van der Waals surface area contributed by atoms with E-state index in [4.69, 9.17) is 14.2 Å². The van der Waals surface area contributed by atoms with Crippen LogP contribution in [0.25, 0.3) is 0 Å². The van der Waals surface area contributed by atoms with E-state index in [1.165, 1.54) is 6.92 Å². The molecule has 1 aliphatic heterocycles. The van der Waals surface area contributed by atoms with Crippen LogP contribution in [-0.4, -0.2) is 36.0 Å². The maximum absolute atomic E-state index is 14.9. The molecule has 2 amide bonds. The van der Waals surface area contributed by atoms with Gasteiger partial charge in [-0.1, -0.05) is 84.9 Å². The first-order valence-electron chi connectivity index (χ1n) is 18.2. The highest BCUT2D eigenvalue weighted by Crippen LogP contribution is 2.58. The third kappa shape index (κ3) is 7.09. The molecule has 2 aliphatic rings. The van der Waals surface area contributed by atoms with E-state index in [2.05, 4.69) is 0 Å². The van der Waals surface area contributed by atoms with Crippen molar-refractivity contribution in [2.75, 3.05) is 11.5 Å². The van der Waals surface area contributed by atoms with Crippen LogP contribution in [0.5, 0.6) is 11.5 Å². The number of rotatable bonds is 13. The van der Waals surface area contributed by atoms with E-state index in [-0.39, 0.29) is 29.9 Å². The molecule has 3 atom stereocenters. The van der Waals surface area contributed by atoms with Gasteiger partial charge in [0.2, 0.25) is 11.8 Å². The van der Waals surface area contributed by atoms with Crippen LogP contribution >= 0.6 is 0 Å². The van der Waals surface area contributed by atoms with Gasteiger partial charge in [-0.25, -0.2) is 4.90 Å². The first-order chi connectivity index (χ1) is 26.7. The molecule has 9 heteroatoms. The molecular weight excluding hydrogens is 695 g/mol. The smallest absolute Gasteiger partial charge is 0.315 e. The summed E-state index contributed by atoms with van der Waals surface area (Å²) in [7, 11) is 0. The van der Waals surface area contributed by atoms with Gasteiger partial charge in [-0.3, -0.25) is 24.0 Å². The molecule has 1 spiro atoms. The molecule has 9 nitrogen and oxygen atoms in total. The highest BCUT2D eigenvalue weighted by atomic mass is 16.5. The zero-order chi connectivity index (χ0) is 38.5. The number of nitrogens with zero attached hydrogens (tertiary/aromatic N) is 1. The minimum atomic E-state index is -1.81. The Morgan fingerprint density at radius 1 is 0.673 bits per heavy atom. The van der Waals surface area contributed by atoms with Crippen molar-refractivity contribution < 1.29 is 38.2 Å². The summed E-state index contributed by atoms with van der Waals surface area (Å²) >= 11 is 0. The number of esters is 1. The Bertz CT molecular complexity index is 2270. The molecule has 0 saturated carbocycles. The lowest BCUT2D eigenvalue weighted by atomic mass is 9.64. The number of Topliss-reactive ketones (excluding diaryl/α,β-unsaturated/α-hetero) is 2. The summed E-state index contributed by atoms with van der Waals surface area (Å²) in [6, 6.07) is 39.3. The van der Waals surface area contributed by atoms with Crippen LogP contribution in [-0.2, 0) is 37.7 Å². The van der Waals surface area contributed by atoms with E-state index in [0.717, 1.165) is 16.0 Å². The van der Waals surface area contributed by atoms with Crippen molar-refractivity contribution in [2.45, 2.75) is 38.9 Å². The zero-order valence-electron chi connectivity index (χ0n) is 30.5. The van der Waals surface area contributed by atoms with Gasteiger partial charge in [0.05, 0.1) is 12.3 Å². The number of carbonyl (C=O) groups is 5. The Kier molecular flexibility index (Phi) is 10.5. The van der Waals surface area contributed by atoms with Crippen LogP contribution in [0.3, 0.4) is 0 Å². The Labute approximate surface area is 319 Å². The van der Waals surface area contributed by atoms with Crippen molar-refractivity contribution in [2.24, 2.45) is 11.8 Å². The number of fused-ring (bicyclic) bond motifs is 2. The fourth-order valence-electron chi connectivity index (χ4n) is 7.65. The van der Waals surface area contributed by atoms with Gasteiger partial charge in [0.1, 0.15) is 36.0 Å². The molecule has 5 aromatic carbocycles. The normalized spacial score (nSPS) is 18.4. The van der Waals surface area contributed by atoms with E-state index in [9.17, 15) is 24.0 Å². The lowest BCUT2D eigenvalue weighted by molar-refractivity contribution is -0.152. The van der Waals surface area contributed by atoms with Crippen LogP contribution < -0.4 is 14.4 Å². The number of ketones is 2. The average molecular weight is 734 g/mol. The van der Waals surface area contributed by atoms with E-state index in [0.29, 0.717) is 41.5 Å². The predicted molar refractivity (Wildman–Crippen MR) is 206 cm³/mol. The molecule has 5 aromatic rings. The molecule has 7 rings (SSSR count). The third-order valence-electron chi connectivity index (χ3n) is 10.2. The van der Waals surface area contributed by atoms with Crippen LogP contribution in [0, 0.1) is 11.8 Å². The van der Waals surface area contributed by atoms with Crippen LogP contribution in [0.4, 0.5) is 5.69 Å². The maximum Gasteiger partial charge on any atom is 0.315 e. The Hall–Kier alpha value is -6.61. The highest BCUT2D eigenvalue weighted by molar-refractivity contribution is 6.26. The molecule has 0 saturated heterocycles. The van der Waals surface area contributed by atoms with E-state index >= 15 is 0 Å². The average Bonchev–Trinajstić information content (AvgIpc) is 3.69. The van der Waals surface area contributed by atoms with Gasteiger partial charge < -0.3 is 14.2 Å². The van der Waals surface area contributed by atoms with E-state index < -0.39 is 40.8 Å². The van der Waals surface area contributed by atoms with Gasteiger partial charge >= 0.3 is 5.97 Å². The van der Waals surface area contributed by atoms with Crippen LogP contribution in [0.1, 0.15) is 57.7 Å². The highest BCUT2D eigenvalue weighted by Gasteiger charge is 2.67. The molecule has 0 fully saturated rings. The Balaban J connectivity index is 1.24. The molecule has 276 valence electrons. The zero-order valence-corrected chi connectivity index (χ0v) is 30.5. The fourth-order valence-corrected chi connectivity index (χ4v) is 7.65. The molecule has 1 aliphatic carbocycles. The number of hydrogen-bond donors (Lipinski definition) is 0. The molecule has 0 aromatic heterocycles.